The largest absolute Gasteiger partial charge is 0.169 e. The van der Waals surface area contributed by atoms with Gasteiger partial charge in [0.1, 0.15) is 0 Å². The second-order valence-electron chi connectivity index (χ2n) is 4.37. The fourth-order valence-corrected chi connectivity index (χ4v) is 6.00. The summed E-state index contributed by atoms with van der Waals surface area (Å²) >= 11 is 1.75. The molecule has 0 aromatic carbocycles. The first-order chi connectivity index (χ1) is 5.88. The van der Waals surface area contributed by atoms with Gasteiger partial charge in [-0.2, -0.15) is 11.8 Å². The Bertz CT molecular complexity index is 81.2. The fourth-order valence-electron chi connectivity index (χ4n) is 2.00. The lowest BCUT2D eigenvalue weighted by atomic mass is 10.5. The summed E-state index contributed by atoms with van der Waals surface area (Å²) in [5, 5.41) is 0. The van der Waals surface area contributed by atoms with Gasteiger partial charge in [-0.3, -0.25) is 0 Å². The Labute approximate surface area is 91.5 Å². The molecule has 0 aromatic rings. The summed E-state index contributed by atoms with van der Waals surface area (Å²) in [5.41, 5.74) is 2.81. The van der Waals surface area contributed by atoms with Crippen molar-refractivity contribution in [3.63, 3.8) is 0 Å². The molecule has 0 saturated heterocycles. The van der Waals surface area contributed by atoms with Crippen molar-refractivity contribution in [3.05, 3.63) is 0 Å². The third-order valence-corrected chi connectivity index (χ3v) is 6.00. The Morgan fingerprint density at radius 1 is 0.692 bits per heavy atom. The van der Waals surface area contributed by atoms with Crippen LogP contribution in [-0.2, 0) is 0 Å². The van der Waals surface area contributed by atoms with Crippen molar-refractivity contribution in [3.8, 4) is 0 Å². The van der Waals surface area contributed by atoms with Gasteiger partial charge in [-0.15, -0.1) is 0 Å². The van der Waals surface area contributed by atoms with Crippen LogP contribution in [0.3, 0.4) is 0 Å². The van der Waals surface area contributed by atoms with Crippen molar-refractivity contribution in [2.45, 2.75) is 58.2 Å². The molecule has 0 fully saturated rings. The highest BCUT2D eigenvalue weighted by Gasteiger charge is 2.22. The zero-order valence-electron chi connectivity index (χ0n) is 10.6. The van der Waals surface area contributed by atoms with Gasteiger partial charge >= 0.3 is 0 Å². The molecule has 0 amide bonds. The van der Waals surface area contributed by atoms with Crippen molar-refractivity contribution >= 4 is 20.6 Å². The second kappa shape index (κ2) is 9.13. The van der Waals surface area contributed by atoms with Gasteiger partial charge < -0.3 is 0 Å². The van der Waals surface area contributed by atoms with Crippen molar-refractivity contribution in [2.75, 3.05) is 12.5 Å². The van der Waals surface area contributed by atoms with Crippen molar-refractivity contribution < 1.29 is 0 Å². The number of thioether (sulfide) groups is 1. The summed E-state index contributed by atoms with van der Waals surface area (Å²) in [7, 11) is -0.0957. The molecule has 13 heavy (non-hydrogen) atoms. The van der Waals surface area contributed by atoms with E-state index in [0.29, 0.717) is 0 Å². The SMILES string of the molecule is CC(C)[Si](C(C)C)C(C)C.CSC. The molecule has 0 aliphatic carbocycles. The van der Waals surface area contributed by atoms with Crippen molar-refractivity contribution in [1.29, 1.82) is 0 Å². The van der Waals surface area contributed by atoms with Gasteiger partial charge in [0.05, 0.1) is 8.80 Å². The highest BCUT2D eigenvalue weighted by Crippen LogP contribution is 2.28. The maximum absolute atomic E-state index is 2.37. The average Bonchev–Trinajstić information content (AvgIpc) is 1.84. The van der Waals surface area contributed by atoms with E-state index in [4.69, 9.17) is 0 Å². The molecule has 0 aliphatic heterocycles. The van der Waals surface area contributed by atoms with E-state index in [1.165, 1.54) is 0 Å². The average molecular weight is 219 g/mol. The van der Waals surface area contributed by atoms with E-state index in [0.717, 1.165) is 16.6 Å². The van der Waals surface area contributed by atoms with Crippen LogP contribution in [-0.4, -0.2) is 21.3 Å². The quantitative estimate of drug-likeness (QED) is 0.621. The molecule has 0 atom stereocenters. The summed E-state index contributed by atoms with van der Waals surface area (Å²) < 4.78 is 0. The second-order valence-corrected chi connectivity index (χ2v) is 9.65. The molecule has 0 aromatic heterocycles. The molecule has 0 heterocycles. The van der Waals surface area contributed by atoms with Crippen LogP contribution in [0.2, 0.25) is 16.6 Å². The van der Waals surface area contributed by atoms with Crippen LogP contribution in [0.5, 0.6) is 0 Å². The van der Waals surface area contributed by atoms with Gasteiger partial charge in [-0.05, 0) is 12.5 Å². The highest BCUT2D eigenvalue weighted by molar-refractivity contribution is 7.97. The Morgan fingerprint density at radius 2 is 0.846 bits per heavy atom. The normalized spacial score (nSPS) is 11.1. The zero-order chi connectivity index (χ0) is 11.0. The van der Waals surface area contributed by atoms with Crippen LogP contribution in [0.15, 0.2) is 0 Å². The van der Waals surface area contributed by atoms with Gasteiger partial charge in [0.15, 0.2) is 0 Å². The van der Waals surface area contributed by atoms with Gasteiger partial charge in [0.2, 0.25) is 0 Å². The topological polar surface area (TPSA) is 0 Å². The number of hydrogen-bond acceptors (Lipinski definition) is 1. The van der Waals surface area contributed by atoms with Crippen molar-refractivity contribution in [1.82, 2.24) is 0 Å². The minimum absolute atomic E-state index is 0.0957. The molecule has 0 rings (SSSR count). The van der Waals surface area contributed by atoms with Crippen LogP contribution >= 0.6 is 11.8 Å². The van der Waals surface area contributed by atoms with Gasteiger partial charge in [0.25, 0.3) is 0 Å². The third kappa shape index (κ3) is 8.89. The molecule has 0 unspecified atom stereocenters. The first-order valence-corrected chi connectivity index (χ1v) is 8.51. The van der Waals surface area contributed by atoms with E-state index in [2.05, 4.69) is 41.5 Å². The molecular formula is C11H27SSi. The monoisotopic (exact) mass is 219 g/mol. The molecule has 0 nitrogen and oxygen atoms in total. The summed E-state index contributed by atoms with van der Waals surface area (Å²) in [5.74, 6) is 0. The zero-order valence-corrected chi connectivity index (χ0v) is 12.5. The number of rotatable bonds is 3. The van der Waals surface area contributed by atoms with E-state index in [9.17, 15) is 0 Å². The summed E-state index contributed by atoms with van der Waals surface area (Å²) in [4.78, 5) is 0. The molecular weight excluding hydrogens is 192 g/mol. The molecule has 0 spiro atoms. The number of hydrogen-bond donors (Lipinski definition) is 0. The van der Waals surface area contributed by atoms with Crippen LogP contribution in [0.1, 0.15) is 41.5 Å². The summed E-state index contributed by atoms with van der Waals surface area (Å²) in [6.45, 7) is 14.2. The maximum Gasteiger partial charge on any atom is 0.0561 e. The first-order valence-electron chi connectivity index (χ1n) is 5.15. The predicted octanol–water partition coefficient (Wildman–Crippen LogP) is 4.69. The van der Waals surface area contributed by atoms with E-state index < -0.39 is 0 Å². The standard InChI is InChI=1S/C9H21Si.C2H6S/c1-7(2)10(8(3)4)9(5)6;1-3-2/h7-9H,1-6H3;1-2H3. The minimum Gasteiger partial charge on any atom is -0.169 e. The summed E-state index contributed by atoms with van der Waals surface area (Å²) in [6.07, 6.45) is 4.08. The molecule has 0 saturated carbocycles. The molecule has 0 bridgehead atoms. The van der Waals surface area contributed by atoms with E-state index >= 15 is 0 Å². The van der Waals surface area contributed by atoms with Crippen LogP contribution in [0.25, 0.3) is 0 Å². The van der Waals surface area contributed by atoms with Gasteiger partial charge in [0, 0.05) is 0 Å². The van der Waals surface area contributed by atoms with Crippen LogP contribution < -0.4 is 0 Å². The predicted molar refractivity (Wildman–Crippen MR) is 70.5 cm³/mol. The molecule has 0 N–H and O–H groups in total. The molecule has 2 heteroatoms. The van der Waals surface area contributed by atoms with E-state index in [1.54, 1.807) is 11.8 Å². The van der Waals surface area contributed by atoms with Crippen LogP contribution in [0, 0.1) is 0 Å². The third-order valence-electron chi connectivity index (χ3n) is 2.00. The van der Waals surface area contributed by atoms with E-state index in [1.807, 2.05) is 12.5 Å². The Morgan fingerprint density at radius 3 is 0.846 bits per heavy atom. The lowest BCUT2D eigenvalue weighted by Gasteiger charge is -2.26. The molecule has 81 valence electrons. The smallest absolute Gasteiger partial charge is 0.0561 e. The summed E-state index contributed by atoms with van der Waals surface area (Å²) in [6, 6.07) is 0. The van der Waals surface area contributed by atoms with Gasteiger partial charge in [-0.25, -0.2) is 0 Å². The van der Waals surface area contributed by atoms with Crippen molar-refractivity contribution in [2.24, 2.45) is 0 Å². The van der Waals surface area contributed by atoms with Gasteiger partial charge in [-0.1, -0.05) is 58.2 Å². The Balaban J connectivity index is 0. The Hall–Kier alpha value is 0.567. The van der Waals surface area contributed by atoms with Crippen LogP contribution in [0.4, 0.5) is 0 Å². The lowest BCUT2D eigenvalue weighted by molar-refractivity contribution is 0.863. The van der Waals surface area contributed by atoms with E-state index in [-0.39, 0.29) is 8.80 Å². The fraction of sp³-hybridized carbons (Fsp3) is 1.00. The highest BCUT2D eigenvalue weighted by atomic mass is 32.2. The molecule has 0 aliphatic rings. The minimum atomic E-state index is -0.0957. The lowest BCUT2D eigenvalue weighted by Crippen LogP contribution is -2.24. The molecule has 1 radical (unpaired) electrons. The first kappa shape index (κ1) is 16.0. The Kier molecular flexibility index (Phi) is 11.3. The maximum atomic E-state index is 2.37.